The lowest BCUT2D eigenvalue weighted by atomic mass is 9.70. The predicted octanol–water partition coefficient (Wildman–Crippen LogP) is 3.04. The monoisotopic (exact) mass is 353 g/mol. The lowest BCUT2D eigenvalue weighted by molar-refractivity contribution is 0.167. The first-order chi connectivity index (χ1) is 12.2. The Kier molecular flexibility index (Phi) is 4.31. The number of nitrogens with two attached hydrogens (primary N) is 1. The average Bonchev–Trinajstić information content (AvgIpc) is 3.26. The van der Waals surface area contributed by atoms with Crippen LogP contribution in [0.25, 0.3) is 0 Å². The van der Waals surface area contributed by atoms with Gasteiger partial charge in [-0.05, 0) is 37.6 Å². The first-order valence-electron chi connectivity index (χ1n) is 8.64. The molecule has 2 aromatic heterocycles. The number of hydrogen-bond acceptors (Lipinski definition) is 5. The van der Waals surface area contributed by atoms with E-state index in [1.54, 1.807) is 0 Å². The third kappa shape index (κ3) is 3.07. The third-order valence-electron chi connectivity index (χ3n) is 5.36. The zero-order valence-electron chi connectivity index (χ0n) is 14.4. The van der Waals surface area contributed by atoms with Crippen LogP contribution < -0.4 is 5.73 Å². The number of benzene rings is 1. The lowest BCUT2D eigenvalue weighted by Crippen LogP contribution is -2.43. The maximum atomic E-state index is 5.94. The summed E-state index contributed by atoms with van der Waals surface area (Å²) in [5.74, 6) is 0. The van der Waals surface area contributed by atoms with Crippen LogP contribution in [0.2, 0.25) is 0 Å². The van der Waals surface area contributed by atoms with E-state index in [1.165, 1.54) is 22.6 Å². The van der Waals surface area contributed by atoms with Gasteiger partial charge in [-0.2, -0.15) is 5.10 Å². The molecule has 0 amide bonds. The van der Waals surface area contributed by atoms with Crippen molar-refractivity contribution in [3.05, 3.63) is 64.9 Å². The number of rotatable bonds is 4. The molecule has 3 heterocycles. The maximum absolute atomic E-state index is 5.94. The summed E-state index contributed by atoms with van der Waals surface area (Å²) in [6.45, 7) is 3.02. The van der Waals surface area contributed by atoms with E-state index < -0.39 is 0 Å². The fourth-order valence-corrected chi connectivity index (χ4v) is 4.50. The Balaban J connectivity index is 1.59. The molecule has 0 saturated carbocycles. The van der Waals surface area contributed by atoms with E-state index in [-0.39, 0.29) is 5.41 Å². The molecule has 0 atom stereocenters. The molecule has 6 heteroatoms. The zero-order valence-corrected chi connectivity index (χ0v) is 15.2. The topological polar surface area (TPSA) is 60.0 Å². The van der Waals surface area contributed by atoms with Gasteiger partial charge in [-0.15, -0.1) is 11.3 Å². The van der Waals surface area contributed by atoms with Gasteiger partial charge in [0.2, 0.25) is 0 Å². The van der Waals surface area contributed by atoms with E-state index in [2.05, 4.69) is 56.8 Å². The number of thiazole rings is 1. The SMILES string of the molecule is Cn1nccc1CN1CCC(c2ccccc2)(c2csc(N)n2)CC1. The number of nitrogens with zero attached hydrogens (tertiary/aromatic N) is 4. The summed E-state index contributed by atoms with van der Waals surface area (Å²) in [5.41, 5.74) is 9.64. The quantitative estimate of drug-likeness (QED) is 0.783. The summed E-state index contributed by atoms with van der Waals surface area (Å²) >= 11 is 1.54. The molecule has 1 aliphatic heterocycles. The Labute approximate surface area is 152 Å². The highest BCUT2D eigenvalue weighted by atomic mass is 32.1. The number of aromatic nitrogens is 3. The van der Waals surface area contributed by atoms with Gasteiger partial charge in [0.1, 0.15) is 0 Å². The minimum absolute atomic E-state index is 0.0294. The Morgan fingerprint density at radius 3 is 2.52 bits per heavy atom. The number of piperidine rings is 1. The van der Waals surface area contributed by atoms with Crippen molar-refractivity contribution in [1.82, 2.24) is 19.7 Å². The average molecular weight is 353 g/mol. The Morgan fingerprint density at radius 2 is 1.92 bits per heavy atom. The molecule has 0 bridgehead atoms. The maximum Gasteiger partial charge on any atom is 0.180 e. The molecule has 1 aliphatic rings. The van der Waals surface area contributed by atoms with Gasteiger partial charge in [0.05, 0.1) is 11.4 Å². The predicted molar refractivity (Wildman–Crippen MR) is 101 cm³/mol. The van der Waals surface area contributed by atoms with E-state index in [4.69, 9.17) is 5.73 Å². The van der Waals surface area contributed by atoms with Crippen molar-refractivity contribution in [2.45, 2.75) is 24.8 Å². The lowest BCUT2D eigenvalue weighted by Gasteiger charge is -2.41. The standard InChI is InChI=1S/C19H23N5S/c1-23-16(7-10-21-23)13-24-11-8-19(9-12-24,15-5-3-2-4-6-15)17-14-25-18(20)22-17/h2-7,10,14H,8-9,11-13H2,1H3,(H2,20,22). The molecular weight excluding hydrogens is 330 g/mol. The van der Waals surface area contributed by atoms with Crippen molar-refractivity contribution in [1.29, 1.82) is 0 Å². The first kappa shape index (κ1) is 16.3. The molecule has 5 nitrogen and oxygen atoms in total. The molecule has 0 aliphatic carbocycles. The van der Waals surface area contributed by atoms with E-state index >= 15 is 0 Å². The number of likely N-dealkylation sites (tertiary alicyclic amines) is 1. The summed E-state index contributed by atoms with van der Waals surface area (Å²) in [7, 11) is 2.01. The van der Waals surface area contributed by atoms with Crippen LogP contribution in [0, 0.1) is 0 Å². The molecule has 3 aromatic rings. The summed E-state index contributed by atoms with van der Waals surface area (Å²) in [6.07, 6.45) is 3.97. The van der Waals surface area contributed by atoms with Crippen LogP contribution in [0.4, 0.5) is 5.13 Å². The van der Waals surface area contributed by atoms with Gasteiger partial charge in [0, 0.05) is 30.6 Å². The summed E-state index contributed by atoms with van der Waals surface area (Å²) in [6, 6.07) is 12.9. The van der Waals surface area contributed by atoms with E-state index in [0.29, 0.717) is 5.13 Å². The summed E-state index contributed by atoms with van der Waals surface area (Å²) in [5, 5.41) is 7.07. The van der Waals surface area contributed by atoms with Gasteiger partial charge in [0.15, 0.2) is 5.13 Å². The second-order valence-electron chi connectivity index (χ2n) is 6.74. The molecule has 1 aromatic carbocycles. The van der Waals surface area contributed by atoms with Crippen LogP contribution in [0.5, 0.6) is 0 Å². The fraction of sp³-hybridized carbons (Fsp3) is 0.368. The molecule has 130 valence electrons. The summed E-state index contributed by atoms with van der Waals surface area (Å²) < 4.78 is 1.96. The second kappa shape index (κ2) is 6.61. The van der Waals surface area contributed by atoms with E-state index in [0.717, 1.165) is 38.2 Å². The molecule has 0 unspecified atom stereocenters. The van der Waals surface area contributed by atoms with Crippen molar-refractivity contribution in [2.75, 3.05) is 18.8 Å². The largest absolute Gasteiger partial charge is 0.375 e. The normalized spacial score (nSPS) is 17.6. The molecule has 2 N–H and O–H groups in total. The van der Waals surface area contributed by atoms with Gasteiger partial charge in [0.25, 0.3) is 0 Å². The highest BCUT2D eigenvalue weighted by molar-refractivity contribution is 7.13. The highest BCUT2D eigenvalue weighted by Crippen LogP contribution is 2.42. The Bertz CT molecular complexity index is 830. The van der Waals surface area contributed by atoms with Crippen LogP contribution in [-0.2, 0) is 19.0 Å². The van der Waals surface area contributed by atoms with Gasteiger partial charge in [-0.3, -0.25) is 9.58 Å². The van der Waals surface area contributed by atoms with Crippen LogP contribution in [0.1, 0.15) is 29.8 Å². The zero-order chi connectivity index (χ0) is 17.3. The van der Waals surface area contributed by atoms with Crippen molar-refractivity contribution in [3.8, 4) is 0 Å². The second-order valence-corrected chi connectivity index (χ2v) is 7.63. The minimum Gasteiger partial charge on any atom is -0.375 e. The number of aryl methyl sites for hydroxylation is 1. The third-order valence-corrected chi connectivity index (χ3v) is 6.03. The Morgan fingerprint density at radius 1 is 1.16 bits per heavy atom. The number of hydrogen-bond donors (Lipinski definition) is 1. The highest BCUT2D eigenvalue weighted by Gasteiger charge is 2.39. The van der Waals surface area contributed by atoms with Crippen molar-refractivity contribution in [2.24, 2.45) is 7.05 Å². The van der Waals surface area contributed by atoms with E-state index in [9.17, 15) is 0 Å². The van der Waals surface area contributed by atoms with Gasteiger partial charge < -0.3 is 5.73 Å². The van der Waals surface area contributed by atoms with Crippen molar-refractivity contribution in [3.63, 3.8) is 0 Å². The summed E-state index contributed by atoms with van der Waals surface area (Å²) in [4.78, 5) is 7.17. The molecule has 4 rings (SSSR count). The van der Waals surface area contributed by atoms with E-state index in [1.807, 2.05) is 17.9 Å². The molecule has 0 radical (unpaired) electrons. The molecule has 25 heavy (non-hydrogen) atoms. The molecule has 0 spiro atoms. The fourth-order valence-electron chi connectivity index (χ4n) is 3.84. The van der Waals surface area contributed by atoms with Crippen molar-refractivity contribution < 1.29 is 0 Å². The first-order valence-corrected chi connectivity index (χ1v) is 9.52. The smallest absolute Gasteiger partial charge is 0.180 e. The van der Waals surface area contributed by atoms with Crippen LogP contribution in [0.3, 0.4) is 0 Å². The van der Waals surface area contributed by atoms with Crippen LogP contribution in [-0.4, -0.2) is 32.8 Å². The molecular formula is C19H23N5S. The minimum atomic E-state index is -0.0294. The number of nitrogen functional groups attached to an aromatic ring is 1. The number of anilines is 1. The van der Waals surface area contributed by atoms with Crippen molar-refractivity contribution >= 4 is 16.5 Å². The Hall–Kier alpha value is -2.18. The van der Waals surface area contributed by atoms with Gasteiger partial charge in [-0.25, -0.2) is 4.98 Å². The van der Waals surface area contributed by atoms with Gasteiger partial charge in [-0.1, -0.05) is 30.3 Å². The van der Waals surface area contributed by atoms with Crippen LogP contribution >= 0.6 is 11.3 Å². The molecule has 1 saturated heterocycles. The van der Waals surface area contributed by atoms with Crippen LogP contribution in [0.15, 0.2) is 48.0 Å². The van der Waals surface area contributed by atoms with Gasteiger partial charge >= 0.3 is 0 Å². The molecule has 1 fully saturated rings.